The van der Waals surface area contributed by atoms with Crippen LogP contribution < -0.4 is 16.0 Å². The second kappa shape index (κ2) is 9.27. The quantitative estimate of drug-likeness (QED) is 0.567. The Morgan fingerprint density at radius 2 is 2.03 bits per heavy atom. The van der Waals surface area contributed by atoms with E-state index in [0.29, 0.717) is 25.0 Å². The maximum Gasteiger partial charge on any atom is 0.237 e. The standard InChI is InChI=1S/C23H31N3O4/c27-20(14-30-13-16-5-2-1-3-6-16)18(11-17-7-4-10-24-21(17)28)26-22(29)19-12-23(8-9-23)15-25-19/h1-3,5-6,17-19,25H,4,7-15H2,(H,24,28)(H,26,29). The summed E-state index contributed by atoms with van der Waals surface area (Å²) in [5, 5.41) is 9.09. The third kappa shape index (κ3) is 5.26. The number of carbonyl (C=O) groups excluding carboxylic acids is 3. The van der Waals surface area contributed by atoms with Crippen LogP contribution >= 0.6 is 0 Å². The maximum absolute atomic E-state index is 12.9. The van der Waals surface area contributed by atoms with Crippen molar-refractivity contribution in [3.63, 3.8) is 0 Å². The molecular weight excluding hydrogens is 382 g/mol. The summed E-state index contributed by atoms with van der Waals surface area (Å²) in [6.45, 7) is 1.80. The van der Waals surface area contributed by atoms with E-state index in [1.165, 1.54) is 12.8 Å². The van der Waals surface area contributed by atoms with Crippen LogP contribution in [0.1, 0.15) is 44.1 Å². The molecular formula is C23H31N3O4. The SMILES string of the molecule is O=C1NCCCC1CC(NC(=O)C1CC2(CC2)CN1)C(=O)COCc1ccccc1. The van der Waals surface area contributed by atoms with E-state index < -0.39 is 6.04 Å². The van der Waals surface area contributed by atoms with E-state index in [1.54, 1.807) is 0 Å². The summed E-state index contributed by atoms with van der Waals surface area (Å²) in [5.74, 6) is -0.615. The van der Waals surface area contributed by atoms with E-state index in [1.807, 2.05) is 30.3 Å². The number of hydrogen-bond donors (Lipinski definition) is 3. The predicted molar refractivity (Wildman–Crippen MR) is 111 cm³/mol. The molecule has 1 aromatic rings. The van der Waals surface area contributed by atoms with Crippen molar-refractivity contribution in [3.05, 3.63) is 35.9 Å². The highest BCUT2D eigenvalue weighted by atomic mass is 16.5. The topological polar surface area (TPSA) is 96.5 Å². The van der Waals surface area contributed by atoms with Crippen LogP contribution in [0.4, 0.5) is 0 Å². The number of carbonyl (C=O) groups is 3. The highest BCUT2D eigenvalue weighted by molar-refractivity contribution is 5.92. The molecule has 0 bridgehead atoms. The molecule has 2 aliphatic heterocycles. The average molecular weight is 414 g/mol. The molecule has 2 heterocycles. The van der Waals surface area contributed by atoms with Gasteiger partial charge in [-0.2, -0.15) is 0 Å². The molecule has 1 saturated carbocycles. The Hall–Kier alpha value is -2.25. The van der Waals surface area contributed by atoms with Gasteiger partial charge in [-0.25, -0.2) is 0 Å². The number of benzene rings is 1. The van der Waals surface area contributed by atoms with E-state index in [2.05, 4.69) is 16.0 Å². The number of amides is 2. The van der Waals surface area contributed by atoms with Crippen LogP contribution in [-0.4, -0.2) is 49.4 Å². The van der Waals surface area contributed by atoms with Gasteiger partial charge in [-0.15, -0.1) is 0 Å². The van der Waals surface area contributed by atoms with Gasteiger partial charge in [0.05, 0.1) is 18.7 Å². The second-order valence-corrected chi connectivity index (χ2v) is 9.01. The molecule has 162 valence electrons. The number of Topliss-reactive ketones (excluding diaryl/α,β-unsaturated/α-hetero) is 1. The first kappa shape index (κ1) is 21.0. The Morgan fingerprint density at radius 3 is 2.73 bits per heavy atom. The zero-order chi connectivity index (χ0) is 21.0. The Labute approximate surface area is 177 Å². The van der Waals surface area contributed by atoms with Gasteiger partial charge in [0.15, 0.2) is 5.78 Å². The number of ketones is 1. The smallest absolute Gasteiger partial charge is 0.237 e. The van der Waals surface area contributed by atoms with Crippen molar-refractivity contribution in [2.45, 2.75) is 57.2 Å². The molecule has 1 aliphatic carbocycles. The molecule has 3 unspecified atom stereocenters. The number of nitrogens with one attached hydrogen (secondary N) is 3. The van der Waals surface area contributed by atoms with Crippen LogP contribution in [0.15, 0.2) is 30.3 Å². The Balaban J connectivity index is 1.35. The molecule has 30 heavy (non-hydrogen) atoms. The zero-order valence-corrected chi connectivity index (χ0v) is 17.3. The monoisotopic (exact) mass is 413 g/mol. The van der Waals surface area contributed by atoms with E-state index in [0.717, 1.165) is 31.4 Å². The lowest BCUT2D eigenvalue weighted by atomic mass is 9.90. The molecule has 4 rings (SSSR count). The first-order valence-corrected chi connectivity index (χ1v) is 11.0. The van der Waals surface area contributed by atoms with Crippen molar-refractivity contribution in [1.29, 1.82) is 0 Å². The van der Waals surface area contributed by atoms with Gasteiger partial charge in [-0.05, 0) is 49.5 Å². The summed E-state index contributed by atoms with van der Waals surface area (Å²) in [6.07, 6.45) is 5.12. The molecule has 2 amide bonds. The fourth-order valence-electron chi connectivity index (χ4n) is 4.49. The van der Waals surface area contributed by atoms with E-state index >= 15 is 0 Å². The summed E-state index contributed by atoms with van der Waals surface area (Å²) in [4.78, 5) is 37.9. The maximum atomic E-state index is 12.9. The van der Waals surface area contributed by atoms with Gasteiger partial charge in [-0.1, -0.05) is 30.3 Å². The normalized spacial score (nSPS) is 25.5. The molecule has 7 nitrogen and oxygen atoms in total. The van der Waals surface area contributed by atoms with E-state index in [4.69, 9.17) is 4.74 Å². The lowest BCUT2D eigenvalue weighted by Gasteiger charge is -2.27. The molecule has 1 spiro atoms. The Bertz CT molecular complexity index is 778. The number of ether oxygens (including phenoxy) is 1. The van der Waals surface area contributed by atoms with E-state index in [9.17, 15) is 14.4 Å². The first-order chi connectivity index (χ1) is 14.5. The fraction of sp³-hybridized carbons (Fsp3) is 0.609. The highest BCUT2D eigenvalue weighted by Crippen LogP contribution is 2.51. The Kier molecular flexibility index (Phi) is 6.49. The number of rotatable bonds is 9. The summed E-state index contributed by atoms with van der Waals surface area (Å²) in [5.41, 5.74) is 1.28. The van der Waals surface area contributed by atoms with Crippen LogP contribution in [0.25, 0.3) is 0 Å². The molecule has 3 aliphatic rings. The first-order valence-electron chi connectivity index (χ1n) is 11.0. The largest absolute Gasteiger partial charge is 0.369 e. The number of hydrogen-bond acceptors (Lipinski definition) is 5. The highest BCUT2D eigenvalue weighted by Gasteiger charge is 2.50. The van der Waals surface area contributed by atoms with Gasteiger partial charge < -0.3 is 20.7 Å². The Morgan fingerprint density at radius 1 is 1.23 bits per heavy atom. The minimum absolute atomic E-state index is 0.0329. The second-order valence-electron chi connectivity index (χ2n) is 9.01. The summed E-state index contributed by atoms with van der Waals surface area (Å²) in [6, 6.07) is 8.69. The van der Waals surface area contributed by atoms with Crippen molar-refractivity contribution in [1.82, 2.24) is 16.0 Å². The summed E-state index contributed by atoms with van der Waals surface area (Å²) >= 11 is 0. The predicted octanol–water partition coefficient (Wildman–Crippen LogP) is 1.32. The van der Waals surface area contributed by atoms with E-state index in [-0.39, 0.29) is 36.2 Å². The molecule has 3 N–H and O–H groups in total. The van der Waals surface area contributed by atoms with Crippen LogP contribution in [0, 0.1) is 11.3 Å². The molecule has 3 atom stereocenters. The van der Waals surface area contributed by atoms with Gasteiger partial charge in [0, 0.05) is 19.0 Å². The average Bonchev–Trinajstić information content (AvgIpc) is 3.38. The molecule has 0 aromatic heterocycles. The lowest BCUT2D eigenvalue weighted by molar-refractivity contribution is -0.133. The van der Waals surface area contributed by atoms with Crippen molar-refractivity contribution in [2.24, 2.45) is 11.3 Å². The van der Waals surface area contributed by atoms with Crippen molar-refractivity contribution < 1.29 is 19.1 Å². The molecule has 2 saturated heterocycles. The fourth-order valence-corrected chi connectivity index (χ4v) is 4.49. The van der Waals surface area contributed by atoms with Crippen molar-refractivity contribution in [3.8, 4) is 0 Å². The van der Waals surface area contributed by atoms with Crippen LogP contribution in [-0.2, 0) is 25.7 Å². The number of piperidine rings is 1. The third-order valence-electron chi connectivity index (χ3n) is 6.61. The van der Waals surface area contributed by atoms with Crippen molar-refractivity contribution >= 4 is 17.6 Å². The van der Waals surface area contributed by atoms with Gasteiger partial charge >= 0.3 is 0 Å². The van der Waals surface area contributed by atoms with Crippen LogP contribution in [0.2, 0.25) is 0 Å². The molecule has 7 heteroatoms. The third-order valence-corrected chi connectivity index (χ3v) is 6.61. The van der Waals surface area contributed by atoms with Gasteiger partial charge in [0.1, 0.15) is 6.61 Å². The summed E-state index contributed by atoms with van der Waals surface area (Å²) in [7, 11) is 0. The molecule has 3 fully saturated rings. The van der Waals surface area contributed by atoms with Crippen molar-refractivity contribution in [2.75, 3.05) is 19.7 Å². The minimum Gasteiger partial charge on any atom is -0.369 e. The minimum atomic E-state index is -0.709. The molecule has 1 aromatic carbocycles. The molecule has 0 radical (unpaired) electrons. The zero-order valence-electron chi connectivity index (χ0n) is 17.3. The summed E-state index contributed by atoms with van der Waals surface area (Å²) < 4.78 is 5.61. The van der Waals surface area contributed by atoms with Gasteiger partial charge in [0.25, 0.3) is 0 Å². The lowest BCUT2D eigenvalue weighted by Crippen LogP contribution is -2.51. The van der Waals surface area contributed by atoms with Gasteiger partial charge in [0.2, 0.25) is 11.8 Å². The van der Waals surface area contributed by atoms with Crippen LogP contribution in [0.3, 0.4) is 0 Å². The van der Waals surface area contributed by atoms with Gasteiger partial charge in [-0.3, -0.25) is 14.4 Å². The van der Waals surface area contributed by atoms with Crippen LogP contribution in [0.5, 0.6) is 0 Å².